The smallest absolute Gasteiger partial charge is 0.220 e. The Morgan fingerprint density at radius 1 is 1.25 bits per heavy atom. The van der Waals surface area contributed by atoms with Gasteiger partial charge in [0.15, 0.2) is 11.8 Å². The molecule has 1 saturated heterocycles. The van der Waals surface area contributed by atoms with E-state index < -0.39 is 0 Å². The fraction of sp³-hybridized carbons (Fsp3) is 0.500. The van der Waals surface area contributed by atoms with E-state index in [4.69, 9.17) is 4.99 Å². The van der Waals surface area contributed by atoms with Gasteiger partial charge in [0.25, 0.3) is 0 Å². The van der Waals surface area contributed by atoms with Crippen LogP contribution in [-0.2, 0) is 11.3 Å². The summed E-state index contributed by atoms with van der Waals surface area (Å²) in [6.45, 7) is 5.13. The highest BCUT2D eigenvalue weighted by Gasteiger charge is 2.23. The first kappa shape index (κ1) is 19.9. The number of para-hydroxylation sites is 1. The number of guanidine groups is 1. The molecule has 3 rings (SSSR count). The molecule has 0 atom stereocenters. The number of carbonyl (C=O) groups is 1. The van der Waals surface area contributed by atoms with Crippen molar-refractivity contribution < 1.29 is 4.79 Å². The molecule has 8 nitrogen and oxygen atoms in total. The summed E-state index contributed by atoms with van der Waals surface area (Å²) in [6, 6.07) is 10.0. The van der Waals surface area contributed by atoms with Crippen molar-refractivity contribution in [2.75, 3.05) is 26.7 Å². The quantitative estimate of drug-likeness (QED) is 0.584. The second-order valence-corrected chi connectivity index (χ2v) is 6.93. The van der Waals surface area contributed by atoms with Gasteiger partial charge in [-0.25, -0.2) is 4.99 Å². The van der Waals surface area contributed by atoms with E-state index in [9.17, 15) is 4.79 Å². The predicted octanol–water partition coefficient (Wildman–Crippen LogP) is 1.58. The van der Waals surface area contributed by atoms with Crippen molar-refractivity contribution in [2.45, 2.75) is 32.7 Å². The summed E-state index contributed by atoms with van der Waals surface area (Å²) in [5.74, 6) is 2.26. The molecule has 8 heteroatoms. The molecule has 0 radical (unpaired) electrons. The largest absolute Gasteiger partial charge is 0.359 e. The van der Waals surface area contributed by atoms with Crippen molar-refractivity contribution >= 4 is 11.9 Å². The molecule has 0 spiro atoms. The molecule has 1 aromatic carbocycles. The molecular weight excluding hydrogens is 354 g/mol. The standard InChI is InChI=1S/C20H29N7O/c1-3-22-20(26-11-9-16(10-12-26)13-19(28)21-2)23-14-18-25-24-15-27(18)17-7-5-4-6-8-17/h4-8,15-16H,3,9-14H2,1-2H3,(H,21,28)(H,22,23). The van der Waals surface area contributed by atoms with Crippen LogP contribution in [0.4, 0.5) is 0 Å². The number of nitrogens with zero attached hydrogens (tertiary/aromatic N) is 5. The van der Waals surface area contributed by atoms with Crippen LogP contribution in [0.1, 0.15) is 32.0 Å². The van der Waals surface area contributed by atoms with Crippen molar-refractivity contribution in [3.8, 4) is 5.69 Å². The topological polar surface area (TPSA) is 87.4 Å². The first-order valence-electron chi connectivity index (χ1n) is 9.89. The monoisotopic (exact) mass is 383 g/mol. The first-order chi connectivity index (χ1) is 13.7. The number of aromatic nitrogens is 3. The molecule has 28 heavy (non-hydrogen) atoms. The molecule has 1 aliphatic rings. The molecule has 1 fully saturated rings. The fourth-order valence-electron chi connectivity index (χ4n) is 3.46. The Bertz CT molecular complexity index is 779. The summed E-state index contributed by atoms with van der Waals surface area (Å²) in [5, 5.41) is 14.4. The Hall–Kier alpha value is -2.90. The van der Waals surface area contributed by atoms with E-state index in [0.717, 1.165) is 49.9 Å². The number of likely N-dealkylation sites (tertiary alicyclic amines) is 1. The molecule has 2 heterocycles. The molecule has 2 aromatic rings. The van der Waals surface area contributed by atoms with Crippen LogP contribution in [0.5, 0.6) is 0 Å². The summed E-state index contributed by atoms with van der Waals surface area (Å²) >= 11 is 0. The molecule has 1 aliphatic heterocycles. The average Bonchev–Trinajstić information content (AvgIpc) is 3.21. The van der Waals surface area contributed by atoms with Gasteiger partial charge in [-0.2, -0.15) is 0 Å². The van der Waals surface area contributed by atoms with Crippen LogP contribution in [0, 0.1) is 5.92 Å². The number of benzene rings is 1. The van der Waals surface area contributed by atoms with Gasteiger partial charge < -0.3 is 15.5 Å². The number of carbonyl (C=O) groups excluding carboxylic acids is 1. The summed E-state index contributed by atoms with van der Waals surface area (Å²) in [5.41, 5.74) is 1.03. The maximum atomic E-state index is 11.6. The van der Waals surface area contributed by atoms with Gasteiger partial charge in [-0.05, 0) is 37.8 Å². The summed E-state index contributed by atoms with van der Waals surface area (Å²) in [4.78, 5) is 18.7. The van der Waals surface area contributed by atoms with Gasteiger partial charge in [-0.15, -0.1) is 10.2 Å². The van der Waals surface area contributed by atoms with Crippen molar-refractivity contribution in [1.29, 1.82) is 0 Å². The lowest BCUT2D eigenvalue weighted by atomic mass is 9.93. The number of hydrogen-bond donors (Lipinski definition) is 2. The van der Waals surface area contributed by atoms with Crippen LogP contribution in [0.15, 0.2) is 41.7 Å². The van der Waals surface area contributed by atoms with Gasteiger partial charge in [0.05, 0.1) is 0 Å². The molecule has 0 unspecified atom stereocenters. The van der Waals surface area contributed by atoms with E-state index in [0.29, 0.717) is 18.9 Å². The second kappa shape index (κ2) is 9.87. The van der Waals surface area contributed by atoms with Crippen molar-refractivity contribution in [2.24, 2.45) is 10.9 Å². The van der Waals surface area contributed by atoms with Gasteiger partial charge in [-0.1, -0.05) is 18.2 Å². The number of nitrogens with one attached hydrogen (secondary N) is 2. The van der Waals surface area contributed by atoms with E-state index in [-0.39, 0.29) is 5.91 Å². The lowest BCUT2D eigenvalue weighted by Crippen LogP contribution is -2.46. The number of rotatable bonds is 6. The molecule has 2 N–H and O–H groups in total. The second-order valence-electron chi connectivity index (χ2n) is 6.93. The van der Waals surface area contributed by atoms with Crippen LogP contribution < -0.4 is 10.6 Å². The zero-order valence-corrected chi connectivity index (χ0v) is 16.6. The Morgan fingerprint density at radius 3 is 2.68 bits per heavy atom. The Kier molecular flexibility index (Phi) is 7.00. The fourth-order valence-corrected chi connectivity index (χ4v) is 3.46. The number of hydrogen-bond acceptors (Lipinski definition) is 4. The van der Waals surface area contributed by atoms with Gasteiger partial charge in [-0.3, -0.25) is 9.36 Å². The highest BCUT2D eigenvalue weighted by Crippen LogP contribution is 2.20. The van der Waals surface area contributed by atoms with Crippen LogP contribution in [-0.4, -0.2) is 58.2 Å². The summed E-state index contributed by atoms with van der Waals surface area (Å²) in [7, 11) is 1.70. The third kappa shape index (κ3) is 5.09. The molecule has 0 bridgehead atoms. The maximum Gasteiger partial charge on any atom is 0.220 e. The SMILES string of the molecule is CCNC(=NCc1nncn1-c1ccccc1)N1CCC(CC(=O)NC)CC1. The third-order valence-electron chi connectivity index (χ3n) is 5.02. The third-order valence-corrected chi connectivity index (χ3v) is 5.02. The Morgan fingerprint density at radius 2 is 2.00 bits per heavy atom. The first-order valence-corrected chi connectivity index (χ1v) is 9.89. The van der Waals surface area contributed by atoms with E-state index in [1.54, 1.807) is 13.4 Å². The van der Waals surface area contributed by atoms with Crippen molar-refractivity contribution in [3.05, 3.63) is 42.5 Å². The lowest BCUT2D eigenvalue weighted by Gasteiger charge is -2.34. The molecule has 1 amide bonds. The zero-order valence-electron chi connectivity index (χ0n) is 16.6. The van der Waals surface area contributed by atoms with E-state index in [2.05, 4.69) is 32.7 Å². The predicted molar refractivity (Wildman–Crippen MR) is 109 cm³/mol. The minimum absolute atomic E-state index is 0.124. The molecule has 1 aromatic heterocycles. The summed E-state index contributed by atoms with van der Waals surface area (Å²) < 4.78 is 1.96. The minimum Gasteiger partial charge on any atom is -0.359 e. The van der Waals surface area contributed by atoms with Crippen molar-refractivity contribution in [3.63, 3.8) is 0 Å². The van der Waals surface area contributed by atoms with Crippen LogP contribution >= 0.6 is 0 Å². The van der Waals surface area contributed by atoms with E-state index in [1.165, 1.54) is 0 Å². The maximum absolute atomic E-state index is 11.6. The Balaban J connectivity index is 1.65. The molecule has 0 saturated carbocycles. The van der Waals surface area contributed by atoms with Crippen LogP contribution in [0.3, 0.4) is 0 Å². The number of piperidine rings is 1. The lowest BCUT2D eigenvalue weighted by molar-refractivity contribution is -0.121. The zero-order chi connectivity index (χ0) is 19.8. The number of aliphatic imine (C=N–C) groups is 1. The molecule has 150 valence electrons. The van der Waals surface area contributed by atoms with Gasteiger partial charge in [0.2, 0.25) is 5.91 Å². The highest BCUT2D eigenvalue weighted by molar-refractivity contribution is 5.80. The average molecular weight is 384 g/mol. The normalized spacial score (nSPS) is 15.5. The van der Waals surface area contributed by atoms with E-state index in [1.807, 2.05) is 34.9 Å². The molecular formula is C20H29N7O. The van der Waals surface area contributed by atoms with Gasteiger partial charge in [0.1, 0.15) is 12.9 Å². The summed E-state index contributed by atoms with van der Waals surface area (Å²) in [6.07, 6.45) is 4.33. The minimum atomic E-state index is 0.124. The Labute approximate surface area is 166 Å². The van der Waals surface area contributed by atoms with Crippen LogP contribution in [0.2, 0.25) is 0 Å². The highest BCUT2D eigenvalue weighted by atomic mass is 16.1. The number of amides is 1. The molecule has 0 aliphatic carbocycles. The van der Waals surface area contributed by atoms with Crippen LogP contribution in [0.25, 0.3) is 5.69 Å². The van der Waals surface area contributed by atoms with Crippen molar-refractivity contribution in [1.82, 2.24) is 30.3 Å². The van der Waals surface area contributed by atoms with Gasteiger partial charge in [0, 0.05) is 38.8 Å². The van der Waals surface area contributed by atoms with E-state index >= 15 is 0 Å². The van der Waals surface area contributed by atoms with Gasteiger partial charge >= 0.3 is 0 Å².